The Morgan fingerprint density at radius 1 is 1.04 bits per heavy atom. The molecule has 1 aliphatic heterocycles. The molecule has 4 rings (SSSR count). The zero-order valence-corrected chi connectivity index (χ0v) is 13.5. The van der Waals surface area contributed by atoms with Gasteiger partial charge in [-0.05, 0) is 40.6 Å². The highest BCUT2D eigenvalue weighted by molar-refractivity contribution is 6.05. The monoisotopic (exact) mass is 336 g/mol. The number of methoxy groups -OCH3 is 1. The molecule has 3 aromatic rings. The predicted molar refractivity (Wildman–Crippen MR) is 92.7 cm³/mol. The molecule has 5 nitrogen and oxygen atoms in total. The van der Waals surface area contributed by atoms with Gasteiger partial charge in [0.15, 0.2) is 17.6 Å². The van der Waals surface area contributed by atoms with E-state index >= 15 is 0 Å². The van der Waals surface area contributed by atoms with E-state index in [-0.39, 0.29) is 23.0 Å². The Hall–Kier alpha value is -3.21. The minimum absolute atomic E-state index is 0.0560. The number of carbonyl (C=O) groups excluding carboxylic acids is 1. The van der Waals surface area contributed by atoms with Gasteiger partial charge in [-0.3, -0.25) is 4.79 Å². The van der Waals surface area contributed by atoms with Gasteiger partial charge in [0.05, 0.1) is 12.7 Å². The lowest BCUT2D eigenvalue weighted by molar-refractivity contribution is 0.0856. The van der Waals surface area contributed by atoms with Crippen LogP contribution in [0, 0.1) is 0 Å². The van der Waals surface area contributed by atoms with Gasteiger partial charge in [-0.1, -0.05) is 24.3 Å². The van der Waals surface area contributed by atoms with Crippen molar-refractivity contribution in [2.24, 2.45) is 0 Å². The Balaban J connectivity index is 1.62. The van der Waals surface area contributed by atoms with Gasteiger partial charge in [0, 0.05) is 6.42 Å². The van der Waals surface area contributed by atoms with Gasteiger partial charge in [-0.25, -0.2) is 0 Å². The molecule has 1 atom stereocenters. The number of ketones is 1. The standard InChI is InChI=1S/C20H16O5/c1-24-14-5-4-12-8-11(2-3-13(12)10-14)9-17-18(22)15-6-7-16(21)19(23)20(15)25-17/h2-8,10,17,21,23H,9H2,1H3. The number of rotatable bonds is 3. The molecule has 0 amide bonds. The highest BCUT2D eigenvalue weighted by atomic mass is 16.5. The van der Waals surface area contributed by atoms with Crippen molar-refractivity contribution < 1.29 is 24.5 Å². The second kappa shape index (κ2) is 5.70. The van der Waals surface area contributed by atoms with Crippen LogP contribution in [0.2, 0.25) is 0 Å². The second-order valence-electron chi connectivity index (χ2n) is 6.03. The van der Waals surface area contributed by atoms with Crippen molar-refractivity contribution in [1.29, 1.82) is 0 Å². The summed E-state index contributed by atoms with van der Waals surface area (Å²) in [5, 5.41) is 21.5. The van der Waals surface area contributed by atoms with E-state index < -0.39 is 6.10 Å². The molecule has 1 aliphatic rings. The highest BCUT2D eigenvalue weighted by Crippen LogP contribution is 2.43. The summed E-state index contributed by atoms with van der Waals surface area (Å²) in [5.74, 6) is -0.0354. The number of phenols is 2. The average Bonchev–Trinajstić information content (AvgIpc) is 2.94. The molecule has 0 saturated heterocycles. The van der Waals surface area contributed by atoms with E-state index in [2.05, 4.69) is 0 Å². The van der Waals surface area contributed by atoms with Crippen molar-refractivity contribution in [3.05, 3.63) is 59.7 Å². The summed E-state index contributed by atoms with van der Waals surface area (Å²) in [6.07, 6.45) is -0.325. The van der Waals surface area contributed by atoms with Crippen molar-refractivity contribution in [3.63, 3.8) is 0 Å². The van der Waals surface area contributed by atoms with Gasteiger partial charge in [0.25, 0.3) is 0 Å². The quantitative estimate of drug-likeness (QED) is 0.717. The Bertz CT molecular complexity index is 993. The summed E-state index contributed by atoms with van der Waals surface area (Å²) in [7, 11) is 1.63. The molecule has 1 heterocycles. The van der Waals surface area contributed by atoms with Crippen LogP contribution in [0.4, 0.5) is 0 Å². The van der Waals surface area contributed by atoms with Crippen molar-refractivity contribution in [1.82, 2.24) is 0 Å². The number of hydrogen-bond acceptors (Lipinski definition) is 5. The minimum Gasteiger partial charge on any atom is -0.504 e. The predicted octanol–water partition coefficient (Wildman–Crippen LogP) is 3.45. The van der Waals surface area contributed by atoms with Gasteiger partial charge >= 0.3 is 0 Å². The van der Waals surface area contributed by atoms with Crippen LogP contribution in [0.15, 0.2) is 48.5 Å². The van der Waals surface area contributed by atoms with E-state index in [4.69, 9.17) is 9.47 Å². The van der Waals surface area contributed by atoms with E-state index in [1.807, 2.05) is 36.4 Å². The first-order chi connectivity index (χ1) is 12.1. The molecule has 0 fully saturated rings. The summed E-state index contributed by atoms with van der Waals surface area (Å²) >= 11 is 0. The number of benzene rings is 3. The van der Waals surface area contributed by atoms with Crippen molar-refractivity contribution >= 4 is 16.6 Å². The summed E-state index contributed by atoms with van der Waals surface area (Å²) in [5.41, 5.74) is 1.25. The van der Waals surface area contributed by atoms with Gasteiger partial charge < -0.3 is 19.7 Å². The molecule has 25 heavy (non-hydrogen) atoms. The first-order valence-electron chi connectivity index (χ1n) is 7.89. The Labute approximate surface area is 144 Å². The van der Waals surface area contributed by atoms with Gasteiger partial charge in [-0.15, -0.1) is 0 Å². The Morgan fingerprint density at radius 2 is 1.80 bits per heavy atom. The van der Waals surface area contributed by atoms with E-state index in [0.29, 0.717) is 12.0 Å². The molecule has 0 aromatic heterocycles. The van der Waals surface area contributed by atoms with Crippen LogP contribution in [-0.4, -0.2) is 29.2 Å². The molecular formula is C20H16O5. The third-order valence-corrected chi connectivity index (χ3v) is 4.46. The highest BCUT2D eigenvalue weighted by Gasteiger charge is 2.35. The molecule has 0 radical (unpaired) electrons. The van der Waals surface area contributed by atoms with Crippen LogP contribution >= 0.6 is 0 Å². The first kappa shape index (κ1) is 15.3. The maximum atomic E-state index is 12.5. The number of Topliss-reactive ketones (excluding diaryl/α,β-unsaturated/α-hetero) is 1. The van der Waals surface area contributed by atoms with Crippen LogP contribution in [0.3, 0.4) is 0 Å². The van der Waals surface area contributed by atoms with E-state index in [1.54, 1.807) is 7.11 Å². The Morgan fingerprint density at radius 3 is 2.60 bits per heavy atom. The van der Waals surface area contributed by atoms with Crippen molar-refractivity contribution in [3.8, 4) is 23.0 Å². The normalized spacial score (nSPS) is 15.9. The topological polar surface area (TPSA) is 76.0 Å². The summed E-state index contributed by atoms with van der Waals surface area (Å²) < 4.78 is 10.8. The SMILES string of the molecule is COc1ccc2cc(CC3Oc4c(ccc(O)c4O)C3=O)ccc2c1. The Kier molecular flexibility index (Phi) is 3.50. The summed E-state index contributed by atoms with van der Waals surface area (Å²) in [4.78, 5) is 12.5. The van der Waals surface area contributed by atoms with Gasteiger partial charge in [0.1, 0.15) is 5.75 Å². The molecule has 0 saturated carbocycles. The molecule has 0 spiro atoms. The number of carbonyl (C=O) groups is 1. The molecule has 3 aromatic carbocycles. The first-order valence-corrected chi connectivity index (χ1v) is 7.89. The van der Waals surface area contributed by atoms with E-state index in [0.717, 1.165) is 22.1 Å². The number of ether oxygens (including phenoxy) is 2. The fourth-order valence-corrected chi connectivity index (χ4v) is 3.12. The van der Waals surface area contributed by atoms with Crippen LogP contribution in [-0.2, 0) is 6.42 Å². The molecule has 126 valence electrons. The zero-order valence-electron chi connectivity index (χ0n) is 13.5. The van der Waals surface area contributed by atoms with Crippen LogP contribution in [0.25, 0.3) is 10.8 Å². The average molecular weight is 336 g/mol. The smallest absolute Gasteiger partial charge is 0.207 e. The van der Waals surface area contributed by atoms with Gasteiger partial charge in [0.2, 0.25) is 11.5 Å². The number of fused-ring (bicyclic) bond motifs is 2. The number of phenolic OH excluding ortho intramolecular Hbond substituents is 2. The summed E-state index contributed by atoms with van der Waals surface area (Å²) in [6, 6.07) is 14.5. The maximum absolute atomic E-state index is 12.5. The molecular weight excluding hydrogens is 320 g/mol. The minimum atomic E-state index is -0.710. The largest absolute Gasteiger partial charge is 0.504 e. The molecule has 0 aliphatic carbocycles. The van der Waals surface area contributed by atoms with Crippen LogP contribution in [0.5, 0.6) is 23.0 Å². The second-order valence-corrected chi connectivity index (χ2v) is 6.03. The fourth-order valence-electron chi connectivity index (χ4n) is 3.12. The number of hydrogen-bond donors (Lipinski definition) is 2. The van der Waals surface area contributed by atoms with Crippen LogP contribution < -0.4 is 9.47 Å². The third-order valence-electron chi connectivity index (χ3n) is 4.46. The van der Waals surface area contributed by atoms with E-state index in [1.165, 1.54) is 12.1 Å². The lowest BCUT2D eigenvalue weighted by Gasteiger charge is -2.11. The third kappa shape index (κ3) is 2.54. The van der Waals surface area contributed by atoms with Crippen molar-refractivity contribution in [2.75, 3.05) is 7.11 Å². The summed E-state index contributed by atoms with van der Waals surface area (Å²) in [6.45, 7) is 0. The zero-order chi connectivity index (χ0) is 17.6. The molecule has 5 heteroatoms. The van der Waals surface area contributed by atoms with Crippen molar-refractivity contribution in [2.45, 2.75) is 12.5 Å². The van der Waals surface area contributed by atoms with Gasteiger partial charge in [-0.2, -0.15) is 0 Å². The van der Waals surface area contributed by atoms with E-state index in [9.17, 15) is 15.0 Å². The van der Waals surface area contributed by atoms with Crippen LogP contribution in [0.1, 0.15) is 15.9 Å². The molecule has 2 N–H and O–H groups in total. The fraction of sp³-hybridized carbons (Fsp3) is 0.150. The lowest BCUT2D eigenvalue weighted by Crippen LogP contribution is -2.23. The molecule has 0 bridgehead atoms. The lowest BCUT2D eigenvalue weighted by atomic mass is 9.99. The maximum Gasteiger partial charge on any atom is 0.207 e. The number of aromatic hydroxyl groups is 2. The molecule has 1 unspecified atom stereocenters.